The Morgan fingerprint density at radius 2 is 2.00 bits per heavy atom. The van der Waals surface area contributed by atoms with Crippen molar-refractivity contribution in [3.8, 4) is 0 Å². The van der Waals surface area contributed by atoms with E-state index in [1.54, 1.807) is 11.0 Å². The number of hydrogen-bond donors (Lipinski definition) is 2. The molecule has 2 saturated heterocycles. The van der Waals surface area contributed by atoms with Crippen molar-refractivity contribution in [1.29, 1.82) is 0 Å². The summed E-state index contributed by atoms with van der Waals surface area (Å²) >= 11 is 0. The van der Waals surface area contributed by atoms with Crippen molar-refractivity contribution in [3.05, 3.63) is 29.6 Å². The Hall–Kier alpha value is -2.19. The molecule has 0 bridgehead atoms. The molecule has 2 amide bonds. The number of amides is 2. The summed E-state index contributed by atoms with van der Waals surface area (Å²) in [6.07, 6.45) is 2.53. The first-order valence-electron chi connectivity index (χ1n) is 9.51. The zero-order chi connectivity index (χ0) is 19.2. The van der Waals surface area contributed by atoms with Crippen LogP contribution in [0.4, 0.5) is 10.1 Å². The Bertz CT molecular complexity index is 671. The molecule has 8 heteroatoms. The minimum Gasteiger partial charge on any atom is -0.396 e. The van der Waals surface area contributed by atoms with Crippen LogP contribution in [0.1, 0.15) is 29.6 Å². The highest BCUT2D eigenvalue weighted by atomic mass is 19.1. The molecule has 3 rings (SSSR count). The summed E-state index contributed by atoms with van der Waals surface area (Å²) in [5.41, 5.74) is 5.80. The lowest BCUT2D eigenvalue weighted by Gasteiger charge is -2.35. The number of nitrogen functional groups attached to an aromatic ring is 1. The molecule has 0 aliphatic carbocycles. The van der Waals surface area contributed by atoms with Gasteiger partial charge in [0.05, 0.1) is 11.3 Å². The fourth-order valence-corrected chi connectivity index (χ4v) is 3.47. The van der Waals surface area contributed by atoms with E-state index in [9.17, 15) is 14.0 Å². The van der Waals surface area contributed by atoms with Gasteiger partial charge in [0.15, 0.2) is 0 Å². The first-order chi connectivity index (χ1) is 13.1. The summed E-state index contributed by atoms with van der Waals surface area (Å²) in [5.74, 6) is -0.850. The first-order valence-corrected chi connectivity index (χ1v) is 9.51. The standard InChI is InChI=1S/C19H27FN4O3/c20-15-5-3-4-14(17(15)21)19(26)24-11-9-23(10-12-24)8-7-22-18(25)16-6-1-2-13-27-16/h3-5,16H,1-2,6-13,21H2,(H,22,25). The van der Waals surface area contributed by atoms with E-state index in [1.807, 2.05) is 0 Å². The summed E-state index contributed by atoms with van der Waals surface area (Å²) in [4.78, 5) is 28.5. The maximum atomic E-state index is 13.6. The lowest BCUT2D eigenvalue weighted by molar-refractivity contribution is -0.135. The predicted molar refractivity (Wildman–Crippen MR) is 99.8 cm³/mol. The van der Waals surface area contributed by atoms with E-state index < -0.39 is 5.82 Å². The van der Waals surface area contributed by atoms with Crippen molar-refractivity contribution in [2.24, 2.45) is 0 Å². The smallest absolute Gasteiger partial charge is 0.256 e. The van der Waals surface area contributed by atoms with Gasteiger partial charge in [0, 0.05) is 45.9 Å². The minimum atomic E-state index is -0.572. The molecule has 2 aliphatic rings. The van der Waals surface area contributed by atoms with Crippen molar-refractivity contribution in [2.45, 2.75) is 25.4 Å². The van der Waals surface area contributed by atoms with E-state index >= 15 is 0 Å². The van der Waals surface area contributed by atoms with Crippen molar-refractivity contribution in [2.75, 3.05) is 51.6 Å². The average molecular weight is 378 g/mol. The third-order valence-corrected chi connectivity index (χ3v) is 5.14. The van der Waals surface area contributed by atoms with Gasteiger partial charge in [-0.05, 0) is 31.4 Å². The number of hydrogen-bond acceptors (Lipinski definition) is 5. The second-order valence-electron chi connectivity index (χ2n) is 6.98. The zero-order valence-electron chi connectivity index (χ0n) is 15.5. The number of anilines is 1. The van der Waals surface area contributed by atoms with Crippen LogP contribution in [0.15, 0.2) is 18.2 Å². The Kier molecular flexibility index (Phi) is 6.63. The molecule has 1 aromatic carbocycles. The van der Waals surface area contributed by atoms with Crippen LogP contribution in [-0.4, -0.2) is 73.6 Å². The summed E-state index contributed by atoms with van der Waals surface area (Å²) in [6, 6.07) is 4.29. The molecule has 27 heavy (non-hydrogen) atoms. The maximum absolute atomic E-state index is 13.6. The van der Waals surface area contributed by atoms with Gasteiger partial charge < -0.3 is 20.7 Å². The quantitative estimate of drug-likeness (QED) is 0.742. The number of piperazine rings is 1. The predicted octanol–water partition coefficient (Wildman–Crippen LogP) is 0.851. The number of benzene rings is 1. The molecular weight excluding hydrogens is 351 g/mol. The van der Waals surface area contributed by atoms with E-state index in [0.29, 0.717) is 39.3 Å². The lowest BCUT2D eigenvalue weighted by Crippen LogP contribution is -2.51. The molecular formula is C19H27FN4O3. The monoisotopic (exact) mass is 378 g/mol. The molecule has 1 atom stereocenters. The molecule has 7 nitrogen and oxygen atoms in total. The molecule has 2 heterocycles. The van der Waals surface area contributed by atoms with Crippen molar-refractivity contribution < 1.29 is 18.7 Å². The van der Waals surface area contributed by atoms with Crippen molar-refractivity contribution in [3.63, 3.8) is 0 Å². The third-order valence-electron chi connectivity index (χ3n) is 5.14. The van der Waals surface area contributed by atoms with Crippen LogP contribution in [0.25, 0.3) is 0 Å². The van der Waals surface area contributed by atoms with Crippen LogP contribution in [0, 0.1) is 5.82 Å². The Morgan fingerprint density at radius 3 is 2.70 bits per heavy atom. The van der Waals surface area contributed by atoms with Gasteiger partial charge in [-0.15, -0.1) is 0 Å². The second-order valence-corrected chi connectivity index (χ2v) is 6.98. The van der Waals surface area contributed by atoms with E-state index in [2.05, 4.69) is 10.2 Å². The fourth-order valence-electron chi connectivity index (χ4n) is 3.47. The number of halogens is 1. The summed E-state index contributed by atoms with van der Waals surface area (Å²) in [7, 11) is 0. The van der Waals surface area contributed by atoms with Crippen LogP contribution in [-0.2, 0) is 9.53 Å². The number of ether oxygens (including phenoxy) is 1. The van der Waals surface area contributed by atoms with Gasteiger partial charge in [0.25, 0.3) is 5.91 Å². The Morgan fingerprint density at radius 1 is 1.22 bits per heavy atom. The normalized spacial score (nSPS) is 21.1. The van der Waals surface area contributed by atoms with E-state index in [1.165, 1.54) is 12.1 Å². The highest BCUT2D eigenvalue weighted by Gasteiger charge is 2.25. The molecule has 2 aliphatic heterocycles. The molecule has 0 radical (unpaired) electrons. The van der Waals surface area contributed by atoms with Crippen molar-refractivity contribution >= 4 is 17.5 Å². The third kappa shape index (κ3) is 4.95. The Balaban J connectivity index is 1.40. The number of nitrogens with two attached hydrogens (primary N) is 1. The lowest BCUT2D eigenvalue weighted by atomic mass is 10.1. The number of rotatable bonds is 5. The van der Waals surface area contributed by atoms with Gasteiger partial charge in [-0.3, -0.25) is 14.5 Å². The largest absolute Gasteiger partial charge is 0.396 e. The maximum Gasteiger partial charge on any atom is 0.256 e. The molecule has 0 spiro atoms. The van der Waals surface area contributed by atoms with Crippen molar-refractivity contribution in [1.82, 2.24) is 15.1 Å². The molecule has 0 aromatic heterocycles. The van der Waals surface area contributed by atoms with Gasteiger partial charge in [0.1, 0.15) is 11.9 Å². The van der Waals surface area contributed by atoms with Gasteiger partial charge in [0.2, 0.25) is 5.91 Å². The van der Waals surface area contributed by atoms with Crippen LogP contribution in [0.2, 0.25) is 0 Å². The van der Waals surface area contributed by atoms with Crippen LogP contribution in [0.3, 0.4) is 0 Å². The summed E-state index contributed by atoms with van der Waals surface area (Å²) in [6.45, 7) is 4.45. The highest BCUT2D eigenvalue weighted by Crippen LogP contribution is 2.18. The van der Waals surface area contributed by atoms with Crippen LogP contribution >= 0.6 is 0 Å². The molecule has 1 unspecified atom stereocenters. The number of nitrogens with zero attached hydrogens (tertiary/aromatic N) is 2. The van der Waals surface area contributed by atoms with Crippen LogP contribution in [0.5, 0.6) is 0 Å². The van der Waals surface area contributed by atoms with E-state index in [0.717, 1.165) is 25.8 Å². The second kappa shape index (κ2) is 9.14. The first kappa shape index (κ1) is 19.6. The number of para-hydroxylation sites is 1. The zero-order valence-corrected chi connectivity index (χ0v) is 15.5. The number of nitrogens with one attached hydrogen (secondary N) is 1. The topological polar surface area (TPSA) is 87.9 Å². The minimum absolute atomic E-state index is 0.0370. The number of carbonyl (C=O) groups is 2. The van der Waals surface area contributed by atoms with Gasteiger partial charge in [-0.2, -0.15) is 0 Å². The molecule has 2 fully saturated rings. The van der Waals surface area contributed by atoms with Crippen LogP contribution < -0.4 is 11.1 Å². The number of carbonyl (C=O) groups excluding carboxylic acids is 2. The Labute approximate surface area is 158 Å². The molecule has 148 valence electrons. The van der Waals surface area contributed by atoms with E-state index in [-0.39, 0.29) is 29.2 Å². The molecule has 1 aromatic rings. The fraction of sp³-hybridized carbons (Fsp3) is 0.579. The summed E-state index contributed by atoms with van der Waals surface area (Å²) < 4.78 is 19.0. The van der Waals surface area contributed by atoms with Gasteiger partial charge in [-0.1, -0.05) is 6.07 Å². The summed E-state index contributed by atoms with van der Waals surface area (Å²) in [5, 5.41) is 2.93. The van der Waals surface area contributed by atoms with Gasteiger partial charge in [-0.25, -0.2) is 4.39 Å². The molecule has 0 saturated carbocycles. The van der Waals surface area contributed by atoms with E-state index in [4.69, 9.17) is 10.5 Å². The highest BCUT2D eigenvalue weighted by molar-refractivity contribution is 5.99. The average Bonchev–Trinajstić information content (AvgIpc) is 2.70. The van der Waals surface area contributed by atoms with Gasteiger partial charge >= 0.3 is 0 Å². The molecule has 3 N–H and O–H groups in total. The SMILES string of the molecule is Nc1c(F)cccc1C(=O)N1CCN(CCNC(=O)C2CCCCO2)CC1.